The quantitative estimate of drug-likeness (QED) is 0.843. The normalized spacial score (nSPS) is 10.6. The SMILES string of the molecule is CCOc1ccc(-c2nc(C)c(S)s2)cc1C. The number of rotatable bonds is 3. The molecule has 0 unspecified atom stereocenters. The zero-order valence-corrected chi connectivity index (χ0v) is 11.9. The van der Waals surface area contributed by atoms with Crippen molar-refractivity contribution in [2.75, 3.05) is 6.61 Å². The molecular formula is C13H15NOS2. The Hall–Kier alpha value is -1.00. The van der Waals surface area contributed by atoms with Gasteiger partial charge in [-0.15, -0.1) is 24.0 Å². The largest absolute Gasteiger partial charge is 0.494 e. The molecule has 2 aromatic rings. The van der Waals surface area contributed by atoms with Crippen molar-refractivity contribution >= 4 is 24.0 Å². The molecule has 0 aliphatic heterocycles. The third-order valence-electron chi connectivity index (χ3n) is 2.49. The highest BCUT2D eigenvalue weighted by molar-refractivity contribution is 7.83. The van der Waals surface area contributed by atoms with Crippen LogP contribution in [0.5, 0.6) is 5.75 Å². The lowest BCUT2D eigenvalue weighted by atomic mass is 10.1. The van der Waals surface area contributed by atoms with Crippen LogP contribution < -0.4 is 4.74 Å². The van der Waals surface area contributed by atoms with Gasteiger partial charge in [0.15, 0.2) is 0 Å². The Labute approximate surface area is 111 Å². The van der Waals surface area contributed by atoms with Gasteiger partial charge in [-0.25, -0.2) is 4.98 Å². The highest BCUT2D eigenvalue weighted by Crippen LogP contribution is 2.32. The van der Waals surface area contributed by atoms with Crippen molar-refractivity contribution in [1.82, 2.24) is 4.98 Å². The number of hydrogen-bond donors (Lipinski definition) is 1. The summed E-state index contributed by atoms with van der Waals surface area (Å²) in [5.41, 5.74) is 3.25. The van der Waals surface area contributed by atoms with E-state index in [0.717, 1.165) is 31.8 Å². The molecule has 0 aliphatic rings. The molecule has 1 aromatic carbocycles. The van der Waals surface area contributed by atoms with Crippen LogP contribution in [0.2, 0.25) is 0 Å². The van der Waals surface area contributed by atoms with Gasteiger partial charge >= 0.3 is 0 Å². The minimum Gasteiger partial charge on any atom is -0.494 e. The van der Waals surface area contributed by atoms with Crippen molar-refractivity contribution < 1.29 is 4.74 Å². The fraction of sp³-hybridized carbons (Fsp3) is 0.308. The molecule has 0 radical (unpaired) electrons. The highest BCUT2D eigenvalue weighted by Gasteiger charge is 2.08. The molecule has 0 fully saturated rings. The first-order chi connectivity index (χ1) is 8.11. The third kappa shape index (κ3) is 2.64. The smallest absolute Gasteiger partial charge is 0.124 e. The molecule has 0 N–H and O–H groups in total. The molecule has 17 heavy (non-hydrogen) atoms. The Morgan fingerprint density at radius 3 is 2.65 bits per heavy atom. The van der Waals surface area contributed by atoms with E-state index < -0.39 is 0 Å². The van der Waals surface area contributed by atoms with Gasteiger partial charge in [-0.05, 0) is 44.5 Å². The molecular weight excluding hydrogens is 250 g/mol. The predicted molar refractivity (Wildman–Crippen MR) is 75.4 cm³/mol. The predicted octanol–water partition coefficient (Wildman–Crippen LogP) is 4.11. The van der Waals surface area contributed by atoms with Gasteiger partial charge in [-0.1, -0.05) is 0 Å². The molecule has 0 bridgehead atoms. The average Bonchev–Trinajstić information content (AvgIpc) is 2.62. The van der Waals surface area contributed by atoms with Crippen molar-refractivity contribution in [3.63, 3.8) is 0 Å². The Kier molecular flexibility index (Phi) is 3.74. The lowest BCUT2D eigenvalue weighted by Crippen LogP contribution is -1.93. The lowest BCUT2D eigenvalue weighted by Gasteiger charge is -2.07. The van der Waals surface area contributed by atoms with Crippen LogP contribution in [0.15, 0.2) is 22.4 Å². The monoisotopic (exact) mass is 265 g/mol. The van der Waals surface area contributed by atoms with Crippen molar-refractivity contribution in [3.8, 4) is 16.3 Å². The minimum atomic E-state index is 0.692. The van der Waals surface area contributed by atoms with E-state index >= 15 is 0 Å². The number of nitrogens with zero attached hydrogens (tertiary/aromatic N) is 1. The van der Waals surface area contributed by atoms with Gasteiger partial charge in [0.05, 0.1) is 16.5 Å². The summed E-state index contributed by atoms with van der Waals surface area (Å²) in [6.07, 6.45) is 0. The lowest BCUT2D eigenvalue weighted by molar-refractivity contribution is 0.338. The van der Waals surface area contributed by atoms with Crippen molar-refractivity contribution in [1.29, 1.82) is 0 Å². The van der Waals surface area contributed by atoms with E-state index in [1.807, 2.05) is 26.0 Å². The number of thiol groups is 1. The van der Waals surface area contributed by atoms with Crippen LogP contribution in [0.1, 0.15) is 18.2 Å². The van der Waals surface area contributed by atoms with Crippen LogP contribution in [0, 0.1) is 13.8 Å². The number of benzene rings is 1. The molecule has 90 valence electrons. The number of aryl methyl sites for hydroxylation is 2. The van der Waals surface area contributed by atoms with Crippen LogP contribution in [0.25, 0.3) is 10.6 Å². The van der Waals surface area contributed by atoms with Crippen LogP contribution in [-0.4, -0.2) is 11.6 Å². The van der Waals surface area contributed by atoms with Crippen LogP contribution in [-0.2, 0) is 0 Å². The maximum absolute atomic E-state index is 5.52. The Morgan fingerprint density at radius 1 is 1.35 bits per heavy atom. The Morgan fingerprint density at radius 2 is 2.12 bits per heavy atom. The van der Waals surface area contributed by atoms with E-state index in [0.29, 0.717) is 6.61 Å². The number of thiazole rings is 1. The Balaban J connectivity index is 2.37. The molecule has 1 heterocycles. The molecule has 0 atom stereocenters. The molecule has 0 saturated heterocycles. The summed E-state index contributed by atoms with van der Waals surface area (Å²) in [5, 5.41) is 1.01. The number of aromatic nitrogens is 1. The summed E-state index contributed by atoms with van der Waals surface area (Å²) in [6.45, 7) is 6.71. The fourth-order valence-corrected chi connectivity index (χ4v) is 2.73. The van der Waals surface area contributed by atoms with Gasteiger partial charge in [0.1, 0.15) is 10.8 Å². The van der Waals surface area contributed by atoms with Gasteiger partial charge < -0.3 is 4.74 Å². The van der Waals surface area contributed by atoms with Crippen molar-refractivity contribution in [2.45, 2.75) is 25.0 Å². The summed E-state index contributed by atoms with van der Waals surface area (Å²) in [5.74, 6) is 0.940. The van der Waals surface area contributed by atoms with Crippen LogP contribution in [0.4, 0.5) is 0 Å². The second kappa shape index (κ2) is 5.10. The maximum atomic E-state index is 5.52. The third-order valence-corrected chi connectivity index (χ3v) is 4.10. The highest BCUT2D eigenvalue weighted by atomic mass is 32.2. The summed E-state index contributed by atoms with van der Waals surface area (Å²) in [7, 11) is 0. The first-order valence-corrected chi connectivity index (χ1v) is 6.78. The zero-order valence-electron chi connectivity index (χ0n) is 10.2. The summed E-state index contributed by atoms with van der Waals surface area (Å²) in [4.78, 5) is 4.50. The van der Waals surface area contributed by atoms with Gasteiger partial charge in [-0.2, -0.15) is 0 Å². The average molecular weight is 265 g/mol. The molecule has 1 aromatic heterocycles. The summed E-state index contributed by atoms with van der Waals surface area (Å²) in [6, 6.07) is 6.16. The zero-order chi connectivity index (χ0) is 12.4. The number of hydrogen-bond acceptors (Lipinski definition) is 4. The van der Waals surface area contributed by atoms with Crippen molar-refractivity contribution in [2.24, 2.45) is 0 Å². The first-order valence-electron chi connectivity index (χ1n) is 5.52. The number of ether oxygens (including phenoxy) is 1. The van der Waals surface area contributed by atoms with E-state index in [4.69, 9.17) is 4.74 Å². The van der Waals surface area contributed by atoms with E-state index in [2.05, 4.69) is 30.6 Å². The fourth-order valence-electron chi connectivity index (χ4n) is 1.61. The molecule has 0 saturated carbocycles. The van der Waals surface area contributed by atoms with Crippen molar-refractivity contribution in [3.05, 3.63) is 29.5 Å². The molecule has 4 heteroatoms. The molecule has 0 spiro atoms. The van der Waals surface area contributed by atoms with E-state index in [1.165, 1.54) is 0 Å². The van der Waals surface area contributed by atoms with Crippen LogP contribution in [0.3, 0.4) is 0 Å². The molecule has 2 rings (SSSR count). The topological polar surface area (TPSA) is 22.1 Å². The first kappa shape index (κ1) is 12.5. The molecule has 2 nitrogen and oxygen atoms in total. The summed E-state index contributed by atoms with van der Waals surface area (Å²) < 4.78 is 6.50. The second-order valence-electron chi connectivity index (χ2n) is 3.82. The van der Waals surface area contributed by atoms with Gasteiger partial charge in [0.2, 0.25) is 0 Å². The van der Waals surface area contributed by atoms with Gasteiger partial charge in [-0.3, -0.25) is 0 Å². The molecule has 0 amide bonds. The minimum absolute atomic E-state index is 0.692. The van der Waals surface area contributed by atoms with Gasteiger partial charge in [0.25, 0.3) is 0 Å². The van der Waals surface area contributed by atoms with E-state index in [-0.39, 0.29) is 0 Å². The van der Waals surface area contributed by atoms with E-state index in [9.17, 15) is 0 Å². The Bertz CT molecular complexity index is 515. The maximum Gasteiger partial charge on any atom is 0.124 e. The second-order valence-corrected chi connectivity index (χ2v) is 5.57. The van der Waals surface area contributed by atoms with E-state index in [1.54, 1.807) is 11.3 Å². The standard InChI is InChI=1S/C13H15NOS2/c1-4-15-11-6-5-10(7-8(11)2)12-14-9(3)13(16)17-12/h5-7,16H,4H2,1-3H3. The molecule has 0 aliphatic carbocycles. The summed E-state index contributed by atoms with van der Waals surface area (Å²) >= 11 is 5.99. The van der Waals surface area contributed by atoms with Crippen LogP contribution >= 0.6 is 24.0 Å². The van der Waals surface area contributed by atoms with Gasteiger partial charge in [0, 0.05) is 5.56 Å².